The lowest BCUT2D eigenvalue weighted by atomic mass is 9.88. The van der Waals surface area contributed by atoms with Gasteiger partial charge in [0.25, 0.3) is 5.91 Å². The Morgan fingerprint density at radius 1 is 1.29 bits per heavy atom. The van der Waals surface area contributed by atoms with Gasteiger partial charge in [0.1, 0.15) is 11.5 Å². The molecule has 1 N–H and O–H groups in total. The number of hydrogen-bond acceptors (Lipinski definition) is 3. The number of pyridine rings is 1. The number of aromatic nitrogens is 1. The first kappa shape index (κ1) is 16.6. The summed E-state index contributed by atoms with van der Waals surface area (Å²) >= 11 is 0. The molecular weight excluding hydrogens is 307 g/mol. The monoisotopic (exact) mass is 328 g/mol. The summed E-state index contributed by atoms with van der Waals surface area (Å²) < 4.78 is 13.3. The van der Waals surface area contributed by atoms with Crippen molar-refractivity contribution in [2.24, 2.45) is 0 Å². The van der Waals surface area contributed by atoms with Crippen molar-refractivity contribution in [2.45, 2.75) is 38.3 Å². The van der Waals surface area contributed by atoms with E-state index in [2.05, 4.69) is 4.98 Å². The lowest BCUT2D eigenvalue weighted by Crippen LogP contribution is -2.54. The van der Waals surface area contributed by atoms with Crippen LogP contribution >= 0.6 is 0 Å². The molecule has 1 aromatic heterocycles. The van der Waals surface area contributed by atoms with Crippen molar-refractivity contribution < 1.29 is 14.3 Å². The first-order valence-electron chi connectivity index (χ1n) is 8.09. The number of aliphatic hydroxyl groups excluding tert-OH is 1. The second-order valence-corrected chi connectivity index (χ2v) is 6.86. The Balaban J connectivity index is 1.82. The number of amides is 1. The molecule has 24 heavy (non-hydrogen) atoms. The van der Waals surface area contributed by atoms with E-state index in [1.54, 1.807) is 35.4 Å². The van der Waals surface area contributed by atoms with Gasteiger partial charge in [-0.05, 0) is 50.5 Å². The number of likely N-dealkylation sites (tertiary alicyclic amines) is 1. The van der Waals surface area contributed by atoms with E-state index < -0.39 is 5.54 Å². The molecule has 1 amide bonds. The summed E-state index contributed by atoms with van der Waals surface area (Å²) in [5.74, 6) is -0.445. The highest BCUT2D eigenvalue weighted by molar-refractivity contribution is 5.93. The van der Waals surface area contributed by atoms with Crippen LogP contribution in [0.25, 0.3) is 11.1 Å². The molecule has 126 valence electrons. The molecule has 1 aliphatic heterocycles. The van der Waals surface area contributed by atoms with Crippen LogP contribution in [0.15, 0.2) is 42.6 Å². The molecule has 2 heterocycles. The first-order valence-corrected chi connectivity index (χ1v) is 8.09. The van der Waals surface area contributed by atoms with Crippen LogP contribution in [0.2, 0.25) is 0 Å². The zero-order chi connectivity index (χ0) is 17.3. The largest absolute Gasteiger partial charge is 0.393 e. The smallest absolute Gasteiger partial charge is 0.272 e. The van der Waals surface area contributed by atoms with E-state index in [9.17, 15) is 14.3 Å². The van der Waals surface area contributed by atoms with Crippen molar-refractivity contribution in [3.63, 3.8) is 0 Å². The quantitative estimate of drug-likeness (QED) is 0.920. The van der Waals surface area contributed by atoms with Crippen LogP contribution in [-0.4, -0.2) is 39.1 Å². The van der Waals surface area contributed by atoms with Gasteiger partial charge in [-0.25, -0.2) is 4.39 Å². The number of halogens is 1. The lowest BCUT2D eigenvalue weighted by Gasteiger charge is -2.44. The highest BCUT2D eigenvalue weighted by Gasteiger charge is 2.37. The van der Waals surface area contributed by atoms with E-state index in [4.69, 9.17) is 0 Å². The highest BCUT2D eigenvalue weighted by atomic mass is 19.1. The number of carbonyl (C=O) groups is 1. The number of benzene rings is 1. The maximum Gasteiger partial charge on any atom is 0.272 e. The van der Waals surface area contributed by atoms with E-state index >= 15 is 0 Å². The molecule has 1 fully saturated rings. The number of rotatable bonds is 2. The number of nitrogens with zero attached hydrogens (tertiary/aromatic N) is 2. The average Bonchev–Trinajstić information content (AvgIpc) is 2.53. The minimum absolute atomic E-state index is 0.141. The third-order valence-electron chi connectivity index (χ3n) is 4.54. The number of piperidine rings is 1. The van der Waals surface area contributed by atoms with Gasteiger partial charge in [-0.2, -0.15) is 0 Å². The molecule has 0 saturated carbocycles. The molecule has 0 spiro atoms. The van der Waals surface area contributed by atoms with E-state index in [-0.39, 0.29) is 17.8 Å². The SMILES string of the molecule is CC1(C)CC(O)CCN1C(=O)c1ccc(-c2cccc(F)c2)cn1. The second-order valence-electron chi connectivity index (χ2n) is 6.86. The van der Waals surface area contributed by atoms with Crippen LogP contribution in [0, 0.1) is 5.82 Å². The maximum atomic E-state index is 13.3. The molecule has 4 nitrogen and oxygen atoms in total. The summed E-state index contributed by atoms with van der Waals surface area (Å²) in [7, 11) is 0. The Labute approximate surface area is 141 Å². The van der Waals surface area contributed by atoms with Gasteiger partial charge in [-0.15, -0.1) is 0 Å². The number of hydrogen-bond donors (Lipinski definition) is 1. The Kier molecular flexibility index (Phi) is 4.37. The Morgan fingerprint density at radius 2 is 2.08 bits per heavy atom. The number of aliphatic hydroxyl groups is 1. The van der Waals surface area contributed by atoms with Crippen molar-refractivity contribution >= 4 is 5.91 Å². The molecule has 1 aromatic carbocycles. The summed E-state index contributed by atoms with van der Waals surface area (Å²) in [6.07, 6.45) is 2.36. The summed E-state index contributed by atoms with van der Waals surface area (Å²) in [6, 6.07) is 9.72. The average molecular weight is 328 g/mol. The summed E-state index contributed by atoms with van der Waals surface area (Å²) in [5.41, 5.74) is 1.44. The third kappa shape index (κ3) is 3.31. The highest BCUT2D eigenvalue weighted by Crippen LogP contribution is 2.29. The topological polar surface area (TPSA) is 53.4 Å². The standard InChI is InChI=1S/C19H21FN2O2/c1-19(2)11-16(23)8-9-22(19)18(24)17-7-6-14(12-21-17)13-4-3-5-15(20)10-13/h3-7,10,12,16,23H,8-9,11H2,1-2H3. The molecule has 1 aliphatic rings. The van der Waals surface area contributed by atoms with E-state index in [0.29, 0.717) is 25.1 Å². The van der Waals surface area contributed by atoms with Crippen LogP contribution in [0.5, 0.6) is 0 Å². The summed E-state index contributed by atoms with van der Waals surface area (Å²) in [6.45, 7) is 4.42. The third-order valence-corrected chi connectivity index (χ3v) is 4.54. The van der Waals surface area contributed by atoms with Crippen molar-refractivity contribution in [3.8, 4) is 11.1 Å². The first-order chi connectivity index (χ1) is 11.4. The van der Waals surface area contributed by atoms with Crippen molar-refractivity contribution in [3.05, 3.63) is 54.1 Å². The Morgan fingerprint density at radius 3 is 2.71 bits per heavy atom. The zero-order valence-corrected chi connectivity index (χ0v) is 13.9. The van der Waals surface area contributed by atoms with E-state index in [0.717, 1.165) is 11.1 Å². The minimum atomic E-state index is -0.405. The fraction of sp³-hybridized carbons (Fsp3) is 0.368. The van der Waals surface area contributed by atoms with Gasteiger partial charge in [-0.1, -0.05) is 18.2 Å². The molecule has 0 radical (unpaired) electrons. The van der Waals surface area contributed by atoms with Crippen molar-refractivity contribution in [1.29, 1.82) is 0 Å². The molecular formula is C19H21FN2O2. The van der Waals surface area contributed by atoms with Gasteiger partial charge < -0.3 is 10.0 Å². The molecule has 1 atom stereocenters. The molecule has 2 aromatic rings. The molecule has 3 rings (SSSR count). The normalized spacial score (nSPS) is 20.0. The summed E-state index contributed by atoms with van der Waals surface area (Å²) in [4.78, 5) is 18.8. The molecule has 0 bridgehead atoms. The van der Waals surface area contributed by atoms with Gasteiger partial charge in [0, 0.05) is 23.8 Å². The van der Waals surface area contributed by atoms with Crippen LogP contribution in [0.3, 0.4) is 0 Å². The fourth-order valence-corrected chi connectivity index (χ4v) is 3.24. The summed E-state index contributed by atoms with van der Waals surface area (Å²) in [5, 5.41) is 9.82. The predicted octanol–water partition coefficient (Wildman–Crippen LogP) is 3.26. The van der Waals surface area contributed by atoms with Gasteiger partial charge in [0.05, 0.1) is 6.10 Å². The van der Waals surface area contributed by atoms with Gasteiger partial charge in [0.2, 0.25) is 0 Å². The van der Waals surface area contributed by atoms with Crippen molar-refractivity contribution in [1.82, 2.24) is 9.88 Å². The van der Waals surface area contributed by atoms with Crippen LogP contribution in [-0.2, 0) is 0 Å². The van der Waals surface area contributed by atoms with Gasteiger partial charge >= 0.3 is 0 Å². The fourth-order valence-electron chi connectivity index (χ4n) is 3.24. The molecule has 1 unspecified atom stereocenters. The zero-order valence-electron chi connectivity index (χ0n) is 13.9. The minimum Gasteiger partial charge on any atom is -0.393 e. The van der Waals surface area contributed by atoms with E-state index in [1.807, 2.05) is 13.8 Å². The van der Waals surface area contributed by atoms with Crippen LogP contribution in [0.1, 0.15) is 37.2 Å². The van der Waals surface area contributed by atoms with Gasteiger partial charge in [-0.3, -0.25) is 9.78 Å². The Hall–Kier alpha value is -2.27. The second kappa shape index (κ2) is 6.32. The van der Waals surface area contributed by atoms with Crippen LogP contribution in [0.4, 0.5) is 4.39 Å². The van der Waals surface area contributed by atoms with Crippen molar-refractivity contribution in [2.75, 3.05) is 6.54 Å². The molecule has 5 heteroatoms. The molecule has 1 saturated heterocycles. The van der Waals surface area contributed by atoms with E-state index in [1.165, 1.54) is 12.1 Å². The predicted molar refractivity (Wildman–Crippen MR) is 90.0 cm³/mol. The number of carbonyl (C=O) groups excluding carboxylic acids is 1. The van der Waals surface area contributed by atoms with Crippen LogP contribution < -0.4 is 0 Å². The van der Waals surface area contributed by atoms with Gasteiger partial charge in [0.15, 0.2) is 0 Å². The maximum absolute atomic E-state index is 13.3. The molecule has 0 aliphatic carbocycles. The lowest BCUT2D eigenvalue weighted by molar-refractivity contribution is 0.00293. The Bertz CT molecular complexity index is 743.